The number of hydrogen-bond donors (Lipinski definition) is 0. The van der Waals surface area contributed by atoms with Gasteiger partial charge >= 0.3 is 5.97 Å². The first-order chi connectivity index (χ1) is 12.8. The van der Waals surface area contributed by atoms with Gasteiger partial charge in [-0.2, -0.15) is 0 Å². The molecule has 0 saturated heterocycles. The fourth-order valence-corrected chi connectivity index (χ4v) is 4.17. The van der Waals surface area contributed by atoms with Crippen molar-refractivity contribution in [1.82, 2.24) is 0 Å². The lowest BCUT2D eigenvalue weighted by Gasteiger charge is -2.13. The predicted molar refractivity (Wildman–Crippen MR) is 113 cm³/mol. The highest BCUT2D eigenvalue weighted by atomic mass is 79.9. The van der Waals surface area contributed by atoms with Crippen LogP contribution >= 0.6 is 15.9 Å². The molecule has 1 aromatic carbocycles. The van der Waals surface area contributed by atoms with Crippen molar-refractivity contribution < 1.29 is 9.53 Å². The van der Waals surface area contributed by atoms with Gasteiger partial charge in [-0.25, -0.2) is 4.79 Å². The van der Waals surface area contributed by atoms with Crippen LogP contribution in [0.4, 0.5) is 0 Å². The van der Waals surface area contributed by atoms with Crippen molar-refractivity contribution in [2.75, 3.05) is 6.61 Å². The van der Waals surface area contributed by atoms with Crippen LogP contribution in [0.2, 0.25) is 0 Å². The number of carbonyl (C=O) groups is 1. The number of fused-ring (bicyclic) bond motifs is 1. The molecule has 1 atom stereocenters. The summed E-state index contributed by atoms with van der Waals surface area (Å²) in [5.41, 5.74) is 1.89. The molecule has 2 nitrogen and oxygen atoms in total. The Morgan fingerprint density at radius 2 is 1.31 bits per heavy atom. The molecule has 146 valence electrons. The van der Waals surface area contributed by atoms with Gasteiger partial charge in [-0.1, -0.05) is 105 Å². The molecule has 0 radical (unpaired) electrons. The maximum Gasteiger partial charge on any atom is 0.338 e. The van der Waals surface area contributed by atoms with Crippen molar-refractivity contribution in [3.05, 3.63) is 35.4 Å². The van der Waals surface area contributed by atoms with E-state index in [1.54, 1.807) is 0 Å². The Kier molecular flexibility index (Phi) is 11.0. The quantitative estimate of drug-likeness (QED) is 0.325. The van der Waals surface area contributed by atoms with E-state index in [9.17, 15) is 4.79 Å². The second kappa shape index (κ2) is 13.4. The van der Waals surface area contributed by atoms with Gasteiger partial charge in [0.05, 0.1) is 5.56 Å². The molecule has 0 N–H and O–H groups in total. The lowest BCUT2D eigenvalue weighted by atomic mass is 10.00. The molecule has 1 aromatic rings. The Bertz CT molecular complexity index is 515. The Hall–Kier alpha value is -0.830. The first kappa shape index (κ1) is 21.5. The molecular weight excluding hydrogens is 388 g/mol. The number of aryl methyl sites for hydroxylation is 1. The Morgan fingerprint density at radius 1 is 0.769 bits per heavy atom. The minimum Gasteiger partial charge on any atom is -0.461 e. The maximum absolute atomic E-state index is 12.5. The summed E-state index contributed by atoms with van der Waals surface area (Å²) < 4.78 is 5.58. The van der Waals surface area contributed by atoms with Crippen LogP contribution in [0, 0.1) is 0 Å². The number of alkyl halides is 1. The second-order valence-corrected chi connectivity index (χ2v) is 8.93. The van der Waals surface area contributed by atoms with Gasteiger partial charge in [0.25, 0.3) is 0 Å². The van der Waals surface area contributed by atoms with E-state index in [1.807, 2.05) is 18.2 Å². The first-order valence-corrected chi connectivity index (χ1v) is 11.6. The molecule has 3 heteroatoms. The molecule has 0 bridgehead atoms. The molecule has 0 spiro atoms. The summed E-state index contributed by atoms with van der Waals surface area (Å²) in [4.78, 5) is 12.8. The number of benzene rings is 1. The fourth-order valence-electron chi connectivity index (χ4n) is 3.71. The van der Waals surface area contributed by atoms with Gasteiger partial charge in [-0.05, 0) is 30.9 Å². The zero-order chi connectivity index (χ0) is 18.5. The third-order valence-electron chi connectivity index (χ3n) is 5.35. The zero-order valence-corrected chi connectivity index (χ0v) is 17.8. The molecule has 0 saturated carbocycles. The van der Waals surface area contributed by atoms with E-state index in [4.69, 9.17) is 4.74 Å². The summed E-state index contributed by atoms with van der Waals surface area (Å²) in [5, 5.41) is 0. The predicted octanol–water partition coefficient (Wildman–Crippen LogP) is 7.23. The number of rotatable bonds is 0. The molecule has 1 aliphatic rings. The third kappa shape index (κ3) is 8.70. The van der Waals surface area contributed by atoms with Crippen LogP contribution in [0.15, 0.2) is 24.3 Å². The van der Waals surface area contributed by atoms with Gasteiger partial charge in [0, 0.05) is 4.83 Å². The molecule has 0 fully saturated rings. The van der Waals surface area contributed by atoms with Crippen molar-refractivity contribution in [2.45, 2.75) is 94.7 Å². The van der Waals surface area contributed by atoms with Crippen molar-refractivity contribution in [1.29, 1.82) is 0 Å². The zero-order valence-electron chi connectivity index (χ0n) is 16.2. The monoisotopic (exact) mass is 422 g/mol. The van der Waals surface area contributed by atoms with Gasteiger partial charge in [0.2, 0.25) is 0 Å². The van der Waals surface area contributed by atoms with Crippen molar-refractivity contribution in [3.8, 4) is 0 Å². The summed E-state index contributed by atoms with van der Waals surface area (Å²) in [6.45, 7) is 0.465. The van der Waals surface area contributed by atoms with Crippen LogP contribution in [0.3, 0.4) is 0 Å². The average Bonchev–Trinajstić information content (AvgIpc) is 2.66. The van der Waals surface area contributed by atoms with E-state index in [0.29, 0.717) is 6.61 Å². The number of esters is 1. The minimum absolute atomic E-state index is 0.167. The smallest absolute Gasteiger partial charge is 0.338 e. The molecule has 0 aliphatic carbocycles. The van der Waals surface area contributed by atoms with Crippen molar-refractivity contribution in [3.63, 3.8) is 0 Å². The maximum atomic E-state index is 12.5. The van der Waals surface area contributed by atoms with E-state index in [-0.39, 0.29) is 10.8 Å². The lowest BCUT2D eigenvalue weighted by molar-refractivity contribution is 0.0504. The Balaban J connectivity index is 1.88. The Labute approximate surface area is 168 Å². The summed E-state index contributed by atoms with van der Waals surface area (Å²) in [7, 11) is 0. The number of halogens is 1. The Morgan fingerprint density at radius 3 is 1.96 bits per heavy atom. The SMILES string of the molecule is O=C1OCC(Br)CCCCCCCCCCCCCCc2ccccc21. The molecule has 1 heterocycles. The minimum atomic E-state index is -0.167. The van der Waals surface area contributed by atoms with Crippen LogP contribution in [-0.4, -0.2) is 17.4 Å². The highest BCUT2D eigenvalue weighted by molar-refractivity contribution is 9.09. The molecule has 0 aromatic heterocycles. The van der Waals surface area contributed by atoms with Crippen molar-refractivity contribution in [2.24, 2.45) is 0 Å². The van der Waals surface area contributed by atoms with Gasteiger partial charge in [0.1, 0.15) is 6.61 Å². The largest absolute Gasteiger partial charge is 0.461 e. The normalized spacial score (nSPS) is 22.8. The fraction of sp³-hybridized carbons (Fsp3) is 0.696. The summed E-state index contributed by atoms with van der Waals surface area (Å²) in [6.07, 6.45) is 17.9. The lowest BCUT2D eigenvalue weighted by Crippen LogP contribution is -2.15. The van der Waals surface area contributed by atoms with Gasteiger partial charge in [-0.3, -0.25) is 0 Å². The van der Waals surface area contributed by atoms with E-state index in [0.717, 1.165) is 30.4 Å². The standard InChI is InChI=1S/C23H35BrO2/c24-21-17-12-10-8-6-4-2-1-3-5-7-9-11-15-20-16-13-14-18-22(20)23(25)26-19-21/h13-14,16,18,21H,1-12,15,17,19H2. The molecule has 1 unspecified atom stereocenters. The molecule has 2 rings (SSSR count). The highest BCUT2D eigenvalue weighted by Crippen LogP contribution is 2.19. The van der Waals surface area contributed by atoms with E-state index < -0.39 is 0 Å². The number of cyclic esters (lactones) is 1. The van der Waals surface area contributed by atoms with Crippen LogP contribution in [-0.2, 0) is 11.2 Å². The van der Waals surface area contributed by atoms with Crippen molar-refractivity contribution >= 4 is 21.9 Å². The molecular formula is C23H35BrO2. The summed E-state index contributed by atoms with van der Waals surface area (Å²) >= 11 is 3.67. The van der Waals surface area contributed by atoms with E-state index in [1.165, 1.54) is 70.6 Å². The first-order valence-electron chi connectivity index (χ1n) is 10.7. The third-order valence-corrected chi connectivity index (χ3v) is 6.07. The highest BCUT2D eigenvalue weighted by Gasteiger charge is 2.14. The van der Waals surface area contributed by atoms with Gasteiger partial charge in [0.15, 0.2) is 0 Å². The van der Waals surface area contributed by atoms with Crippen LogP contribution in [0.25, 0.3) is 0 Å². The van der Waals surface area contributed by atoms with Crippen LogP contribution < -0.4 is 0 Å². The summed E-state index contributed by atoms with van der Waals surface area (Å²) in [5.74, 6) is -0.167. The van der Waals surface area contributed by atoms with Gasteiger partial charge in [-0.15, -0.1) is 0 Å². The van der Waals surface area contributed by atoms with E-state index >= 15 is 0 Å². The number of carbonyl (C=O) groups excluding carboxylic acids is 1. The molecule has 26 heavy (non-hydrogen) atoms. The number of ether oxygens (including phenoxy) is 1. The molecule has 0 amide bonds. The number of hydrogen-bond acceptors (Lipinski definition) is 2. The average molecular weight is 423 g/mol. The van der Waals surface area contributed by atoms with E-state index in [2.05, 4.69) is 22.0 Å². The van der Waals surface area contributed by atoms with Crippen LogP contribution in [0.5, 0.6) is 0 Å². The summed E-state index contributed by atoms with van der Waals surface area (Å²) in [6, 6.07) is 7.95. The van der Waals surface area contributed by atoms with Crippen LogP contribution in [0.1, 0.15) is 99.4 Å². The molecule has 1 aliphatic heterocycles. The van der Waals surface area contributed by atoms with Gasteiger partial charge < -0.3 is 4.74 Å². The topological polar surface area (TPSA) is 26.3 Å². The second-order valence-electron chi connectivity index (χ2n) is 7.63.